The molecule has 0 saturated carbocycles. The summed E-state index contributed by atoms with van der Waals surface area (Å²) in [5.74, 6) is 0.581. The van der Waals surface area contributed by atoms with E-state index in [9.17, 15) is 5.11 Å². The number of furan rings is 1. The van der Waals surface area contributed by atoms with Crippen molar-refractivity contribution in [1.29, 1.82) is 0 Å². The Kier molecular flexibility index (Phi) is 3.22. The van der Waals surface area contributed by atoms with Gasteiger partial charge in [-0.1, -0.05) is 36.9 Å². The van der Waals surface area contributed by atoms with E-state index in [-0.39, 0.29) is 0 Å². The molecule has 1 aromatic heterocycles. The maximum absolute atomic E-state index is 9.89. The van der Waals surface area contributed by atoms with Crippen molar-refractivity contribution < 1.29 is 9.52 Å². The summed E-state index contributed by atoms with van der Waals surface area (Å²) in [5, 5.41) is 9.89. The van der Waals surface area contributed by atoms with Gasteiger partial charge in [0.05, 0.1) is 6.26 Å². The van der Waals surface area contributed by atoms with Gasteiger partial charge in [0, 0.05) is 6.42 Å². The summed E-state index contributed by atoms with van der Waals surface area (Å²) in [4.78, 5) is 0. The van der Waals surface area contributed by atoms with Crippen LogP contribution in [0, 0.1) is 0 Å². The molecule has 1 unspecified atom stereocenters. The highest BCUT2D eigenvalue weighted by atomic mass is 16.4. The van der Waals surface area contributed by atoms with Crippen LogP contribution in [0.3, 0.4) is 0 Å². The maximum Gasteiger partial charge on any atom is 0.132 e. The molecule has 0 aliphatic carbocycles. The second kappa shape index (κ2) is 4.81. The second-order valence-electron chi connectivity index (χ2n) is 3.70. The first-order valence-electron chi connectivity index (χ1n) is 5.22. The van der Waals surface area contributed by atoms with Crippen LogP contribution < -0.4 is 0 Å². The highest BCUT2D eigenvalue weighted by Gasteiger charge is 2.12. The molecule has 2 nitrogen and oxygen atoms in total. The number of rotatable bonds is 4. The van der Waals surface area contributed by atoms with Crippen LogP contribution in [0.25, 0.3) is 5.57 Å². The zero-order valence-corrected chi connectivity index (χ0v) is 8.97. The molecule has 0 spiro atoms. The zero-order chi connectivity index (χ0) is 11.4. The lowest BCUT2D eigenvalue weighted by molar-refractivity contribution is 0.155. The number of aliphatic hydroxyl groups is 1. The van der Waals surface area contributed by atoms with Crippen LogP contribution >= 0.6 is 0 Å². The standard InChI is InChI=1S/C14H14O2/c1-11(12-6-3-2-4-7-12)10-13(15)14-8-5-9-16-14/h2-9,13,15H,1,10H2. The molecule has 0 aliphatic heterocycles. The Hall–Kier alpha value is -1.80. The van der Waals surface area contributed by atoms with E-state index in [1.54, 1.807) is 18.4 Å². The SMILES string of the molecule is C=C(CC(O)c1ccco1)c1ccccc1. The summed E-state index contributed by atoms with van der Waals surface area (Å²) in [7, 11) is 0. The number of benzene rings is 1. The molecule has 0 bridgehead atoms. The van der Waals surface area contributed by atoms with E-state index in [4.69, 9.17) is 4.42 Å². The quantitative estimate of drug-likeness (QED) is 0.846. The highest BCUT2D eigenvalue weighted by Crippen LogP contribution is 2.25. The van der Waals surface area contributed by atoms with Gasteiger partial charge in [-0.3, -0.25) is 0 Å². The van der Waals surface area contributed by atoms with Gasteiger partial charge in [0.2, 0.25) is 0 Å². The Morgan fingerprint density at radius 3 is 2.56 bits per heavy atom. The van der Waals surface area contributed by atoms with Crippen LogP contribution in [-0.4, -0.2) is 5.11 Å². The third-order valence-electron chi connectivity index (χ3n) is 2.49. The molecule has 0 saturated heterocycles. The molecule has 1 atom stereocenters. The van der Waals surface area contributed by atoms with E-state index in [0.29, 0.717) is 12.2 Å². The molecule has 2 rings (SSSR count). The third kappa shape index (κ3) is 2.41. The van der Waals surface area contributed by atoms with Gasteiger partial charge in [-0.25, -0.2) is 0 Å². The summed E-state index contributed by atoms with van der Waals surface area (Å²) in [6, 6.07) is 13.4. The molecule has 2 heteroatoms. The minimum atomic E-state index is -0.622. The van der Waals surface area contributed by atoms with Gasteiger partial charge in [-0.2, -0.15) is 0 Å². The lowest BCUT2D eigenvalue weighted by atomic mass is 10.0. The number of aliphatic hydroxyl groups excluding tert-OH is 1. The van der Waals surface area contributed by atoms with E-state index >= 15 is 0 Å². The fourth-order valence-electron chi connectivity index (χ4n) is 1.61. The Labute approximate surface area is 94.8 Å². The van der Waals surface area contributed by atoms with Gasteiger partial charge in [0.1, 0.15) is 11.9 Å². The van der Waals surface area contributed by atoms with Crippen LogP contribution in [0.5, 0.6) is 0 Å². The van der Waals surface area contributed by atoms with Crippen molar-refractivity contribution in [3.05, 3.63) is 66.6 Å². The first-order chi connectivity index (χ1) is 7.77. The molecule has 1 N–H and O–H groups in total. The summed E-state index contributed by atoms with van der Waals surface area (Å²) in [6.45, 7) is 3.97. The molecule has 1 heterocycles. The van der Waals surface area contributed by atoms with Crippen molar-refractivity contribution >= 4 is 5.57 Å². The van der Waals surface area contributed by atoms with E-state index < -0.39 is 6.10 Å². The smallest absolute Gasteiger partial charge is 0.132 e. The van der Waals surface area contributed by atoms with Crippen molar-refractivity contribution in [2.45, 2.75) is 12.5 Å². The molecule has 16 heavy (non-hydrogen) atoms. The van der Waals surface area contributed by atoms with Gasteiger partial charge in [-0.15, -0.1) is 0 Å². The van der Waals surface area contributed by atoms with Crippen LogP contribution in [0.2, 0.25) is 0 Å². The predicted octanol–water partition coefficient (Wildman–Crippen LogP) is 3.42. The first kappa shape index (κ1) is 10.7. The molecule has 0 fully saturated rings. The summed E-state index contributed by atoms with van der Waals surface area (Å²) in [6.07, 6.45) is 1.42. The topological polar surface area (TPSA) is 33.4 Å². The minimum Gasteiger partial charge on any atom is -0.467 e. The van der Waals surface area contributed by atoms with Crippen LogP contribution in [0.15, 0.2) is 59.7 Å². The highest BCUT2D eigenvalue weighted by molar-refractivity contribution is 5.63. The first-order valence-corrected chi connectivity index (χ1v) is 5.22. The molecule has 0 aliphatic rings. The average molecular weight is 214 g/mol. The summed E-state index contributed by atoms with van der Waals surface area (Å²) >= 11 is 0. The Morgan fingerprint density at radius 1 is 1.19 bits per heavy atom. The van der Waals surface area contributed by atoms with E-state index in [1.807, 2.05) is 30.3 Å². The Bertz CT molecular complexity index is 443. The van der Waals surface area contributed by atoms with Crippen molar-refractivity contribution in [3.8, 4) is 0 Å². The van der Waals surface area contributed by atoms with Gasteiger partial charge in [-0.05, 0) is 23.3 Å². The molecular weight excluding hydrogens is 200 g/mol. The maximum atomic E-state index is 9.89. The van der Waals surface area contributed by atoms with Gasteiger partial charge in [0.25, 0.3) is 0 Å². The molecule has 0 amide bonds. The fraction of sp³-hybridized carbons (Fsp3) is 0.143. The predicted molar refractivity (Wildman–Crippen MR) is 63.8 cm³/mol. The van der Waals surface area contributed by atoms with E-state index in [0.717, 1.165) is 11.1 Å². The molecule has 0 radical (unpaired) electrons. The molecule has 2 aromatic rings. The Balaban J connectivity index is 2.03. The number of hydrogen-bond donors (Lipinski definition) is 1. The van der Waals surface area contributed by atoms with Gasteiger partial charge < -0.3 is 9.52 Å². The third-order valence-corrected chi connectivity index (χ3v) is 2.49. The van der Waals surface area contributed by atoms with Crippen LogP contribution in [0.1, 0.15) is 23.8 Å². The van der Waals surface area contributed by atoms with E-state index in [2.05, 4.69) is 6.58 Å². The second-order valence-corrected chi connectivity index (χ2v) is 3.70. The molecule has 82 valence electrons. The molecule has 1 aromatic carbocycles. The van der Waals surface area contributed by atoms with Crippen LogP contribution in [0.4, 0.5) is 0 Å². The minimum absolute atomic E-state index is 0.484. The van der Waals surface area contributed by atoms with Crippen molar-refractivity contribution in [1.82, 2.24) is 0 Å². The van der Waals surface area contributed by atoms with Crippen molar-refractivity contribution in [3.63, 3.8) is 0 Å². The lowest BCUT2D eigenvalue weighted by Gasteiger charge is -2.10. The monoisotopic (exact) mass is 214 g/mol. The van der Waals surface area contributed by atoms with Gasteiger partial charge in [0.15, 0.2) is 0 Å². The normalized spacial score (nSPS) is 12.3. The largest absolute Gasteiger partial charge is 0.467 e. The Morgan fingerprint density at radius 2 is 1.94 bits per heavy atom. The summed E-state index contributed by atoms with van der Waals surface area (Å²) in [5.41, 5.74) is 1.96. The van der Waals surface area contributed by atoms with Crippen molar-refractivity contribution in [2.24, 2.45) is 0 Å². The summed E-state index contributed by atoms with van der Waals surface area (Å²) < 4.78 is 5.14. The lowest BCUT2D eigenvalue weighted by Crippen LogP contribution is -1.96. The van der Waals surface area contributed by atoms with Crippen LogP contribution in [-0.2, 0) is 0 Å². The molecular formula is C14H14O2. The average Bonchev–Trinajstić information content (AvgIpc) is 2.83. The number of hydrogen-bond acceptors (Lipinski definition) is 2. The van der Waals surface area contributed by atoms with E-state index in [1.165, 1.54) is 0 Å². The fourth-order valence-corrected chi connectivity index (χ4v) is 1.61. The van der Waals surface area contributed by atoms with Gasteiger partial charge >= 0.3 is 0 Å². The zero-order valence-electron chi connectivity index (χ0n) is 8.97. The van der Waals surface area contributed by atoms with Crippen molar-refractivity contribution in [2.75, 3.05) is 0 Å².